The Morgan fingerprint density at radius 2 is 2.12 bits per heavy atom. The van der Waals surface area contributed by atoms with E-state index >= 15 is 0 Å². The first kappa shape index (κ1) is 14.7. The second-order valence-corrected chi connectivity index (χ2v) is 7.44. The van der Waals surface area contributed by atoms with Crippen molar-refractivity contribution in [3.63, 3.8) is 0 Å². The summed E-state index contributed by atoms with van der Waals surface area (Å²) >= 11 is 3.42. The van der Waals surface area contributed by atoms with Gasteiger partial charge in [0.25, 0.3) is 0 Å². The molecule has 0 saturated heterocycles. The van der Waals surface area contributed by atoms with Gasteiger partial charge in [0.1, 0.15) is 9.84 Å². The summed E-state index contributed by atoms with van der Waals surface area (Å²) in [5, 5.41) is 0. The molecule has 1 aromatic carbocycles. The highest BCUT2D eigenvalue weighted by Gasteiger charge is 2.11. The van der Waals surface area contributed by atoms with Crippen LogP contribution < -0.4 is 5.73 Å². The molecular weight excluding hydrogens is 302 g/mol. The van der Waals surface area contributed by atoms with Crippen LogP contribution in [0.2, 0.25) is 0 Å². The first-order valence-corrected chi connectivity index (χ1v) is 8.41. The lowest BCUT2D eigenvalue weighted by Crippen LogP contribution is -2.14. The van der Waals surface area contributed by atoms with E-state index in [4.69, 9.17) is 5.73 Å². The molecule has 0 radical (unpaired) electrons. The van der Waals surface area contributed by atoms with Crippen LogP contribution in [0.5, 0.6) is 0 Å². The van der Waals surface area contributed by atoms with Gasteiger partial charge < -0.3 is 5.73 Å². The topological polar surface area (TPSA) is 60.2 Å². The quantitative estimate of drug-likeness (QED) is 0.875. The van der Waals surface area contributed by atoms with E-state index in [1.165, 1.54) is 6.26 Å². The van der Waals surface area contributed by atoms with E-state index in [1.807, 2.05) is 24.3 Å². The minimum atomic E-state index is -2.87. The highest BCUT2D eigenvalue weighted by molar-refractivity contribution is 9.10. The van der Waals surface area contributed by atoms with Crippen molar-refractivity contribution < 1.29 is 8.42 Å². The Balaban J connectivity index is 2.60. The average molecular weight is 320 g/mol. The molecule has 0 fully saturated rings. The van der Waals surface area contributed by atoms with Gasteiger partial charge in [-0.05, 0) is 43.0 Å². The van der Waals surface area contributed by atoms with Gasteiger partial charge in [-0.15, -0.1) is 0 Å². The zero-order chi connectivity index (χ0) is 12.9. The molecule has 0 saturated carbocycles. The molecule has 17 heavy (non-hydrogen) atoms. The maximum absolute atomic E-state index is 11.1. The zero-order valence-electron chi connectivity index (χ0n) is 9.90. The van der Waals surface area contributed by atoms with Crippen molar-refractivity contribution in [3.05, 3.63) is 34.3 Å². The van der Waals surface area contributed by atoms with Crippen LogP contribution in [-0.4, -0.2) is 27.0 Å². The van der Waals surface area contributed by atoms with Gasteiger partial charge in [0.2, 0.25) is 0 Å². The van der Waals surface area contributed by atoms with E-state index in [2.05, 4.69) is 15.9 Å². The van der Waals surface area contributed by atoms with Crippen LogP contribution in [0.25, 0.3) is 0 Å². The molecule has 1 aromatic rings. The number of sulfone groups is 1. The van der Waals surface area contributed by atoms with Crippen molar-refractivity contribution in [2.45, 2.75) is 18.8 Å². The van der Waals surface area contributed by atoms with E-state index in [1.54, 1.807) is 0 Å². The van der Waals surface area contributed by atoms with E-state index in [-0.39, 0.29) is 11.7 Å². The van der Waals surface area contributed by atoms with Crippen molar-refractivity contribution in [1.29, 1.82) is 0 Å². The lowest BCUT2D eigenvalue weighted by molar-refractivity contribution is 0.584. The summed E-state index contributed by atoms with van der Waals surface area (Å²) in [4.78, 5) is 0. The summed E-state index contributed by atoms with van der Waals surface area (Å²) in [6.45, 7) is 0.542. The Kier molecular flexibility index (Phi) is 5.62. The Bertz CT molecular complexity index is 459. The molecule has 1 atom stereocenters. The summed E-state index contributed by atoms with van der Waals surface area (Å²) in [6.07, 6.45) is 2.73. The van der Waals surface area contributed by atoms with Crippen molar-refractivity contribution in [1.82, 2.24) is 0 Å². The third kappa shape index (κ3) is 5.66. The molecule has 0 aliphatic heterocycles. The standard InChI is InChI=1S/C12H18BrNO2S/c1-17(15,16)7-3-5-11(9-14)10-4-2-6-12(13)8-10/h2,4,6,8,11H,3,5,7,9,14H2,1H3. The molecular formula is C12H18BrNO2S. The van der Waals surface area contributed by atoms with Gasteiger partial charge in [-0.1, -0.05) is 28.1 Å². The molecule has 0 amide bonds. The molecule has 5 heteroatoms. The molecule has 1 unspecified atom stereocenters. The molecule has 1 rings (SSSR count). The fourth-order valence-corrected chi connectivity index (χ4v) is 2.88. The van der Waals surface area contributed by atoms with Crippen LogP contribution >= 0.6 is 15.9 Å². The van der Waals surface area contributed by atoms with Crippen LogP contribution in [0.1, 0.15) is 24.3 Å². The molecule has 0 aliphatic carbocycles. The summed E-state index contributed by atoms with van der Waals surface area (Å²) in [6, 6.07) is 8.01. The molecule has 0 heterocycles. The number of halogens is 1. The van der Waals surface area contributed by atoms with Crippen LogP contribution in [0.15, 0.2) is 28.7 Å². The van der Waals surface area contributed by atoms with Crippen LogP contribution in [0.4, 0.5) is 0 Å². The van der Waals surface area contributed by atoms with Gasteiger partial charge in [-0.25, -0.2) is 8.42 Å². The fraction of sp³-hybridized carbons (Fsp3) is 0.500. The molecule has 0 bridgehead atoms. The maximum Gasteiger partial charge on any atom is 0.147 e. The van der Waals surface area contributed by atoms with Gasteiger partial charge in [0, 0.05) is 16.5 Å². The number of rotatable bonds is 6. The second-order valence-electron chi connectivity index (χ2n) is 4.26. The molecule has 0 aromatic heterocycles. The summed E-state index contributed by atoms with van der Waals surface area (Å²) in [7, 11) is -2.87. The highest BCUT2D eigenvalue weighted by atomic mass is 79.9. The molecule has 3 nitrogen and oxygen atoms in total. The van der Waals surface area contributed by atoms with Crippen LogP contribution in [0.3, 0.4) is 0 Å². The molecule has 0 spiro atoms. The predicted molar refractivity (Wildman–Crippen MR) is 74.9 cm³/mol. The Morgan fingerprint density at radius 1 is 1.41 bits per heavy atom. The Labute approximate surface area is 111 Å². The Hall–Kier alpha value is -0.390. The molecule has 2 N–H and O–H groups in total. The van der Waals surface area contributed by atoms with Crippen LogP contribution in [-0.2, 0) is 9.84 Å². The molecule has 96 valence electrons. The minimum Gasteiger partial charge on any atom is -0.330 e. The summed E-state index contributed by atoms with van der Waals surface area (Å²) < 4.78 is 23.1. The number of hydrogen-bond donors (Lipinski definition) is 1. The SMILES string of the molecule is CS(=O)(=O)CCCC(CN)c1cccc(Br)c1. The maximum atomic E-state index is 11.1. The smallest absolute Gasteiger partial charge is 0.147 e. The van der Waals surface area contributed by atoms with Gasteiger partial charge in [0.05, 0.1) is 0 Å². The first-order chi connectivity index (χ1) is 7.92. The van der Waals surface area contributed by atoms with Crippen LogP contribution in [0, 0.1) is 0 Å². The fourth-order valence-electron chi connectivity index (χ4n) is 1.77. The molecule has 0 aliphatic rings. The normalized spacial score (nSPS) is 13.6. The largest absolute Gasteiger partial charge is 0.330 e. The van der Waals surface area contributed by atoms with E-state index < -0.39 is 9.84 Å². The van der Waals surface area contributed by atoms with Gasteiger partial charge in [-0.3, -0.25) is 0 Å². The van der Waals surface area contributed by atoms with E-state index in [0.29, 0.717) is 13.0 Å². The number of nitrogens with two attached hydrogens (primary N) is 1. The van der Waals surface area contributed by atoms with Crippen molar-refractivity contribution in [2.75, 3.05) is 18.6 Å². The van der Waals surface area contributed by atoms with Gasteiger partial charge >= 0.3 is 0 Å². The third-order valence-corrected chi connectivity index (χ3v) is 4.20. The lowest BCUT2D eigenvalue weighted by Gasteiger charge is -2.15. The summed E-state index contributed by atoms with van der Waals surface area (Å²) in [5.41, 5.74) is 6.90. The van der Waals surface area contributed by atoms with Gasteiger partial charge in [-0.2, -0.15) is 0 Å². The van der Waals surface area contributed by atoms with E-state index in [0.717, 1.165) is 16.5 Å². The highest BCUT2D eigenvalue weighted by Crippen LogP contribution is 2.23. The van der Waals surface area contributed by atoms with Crippen molar-refractivity contribution >= 4 is 25.8 Å². The zero-order valence-corrected chi connectivity index (χ0v) is 12.3. The lowest BCUT2D eigenvalue weighted by atomic mass is 9.95. The Morgan fingerprint density at radius 3 is 2.65 bits per heavy atom. The summed E-state index contributed by atoms with van der Waals surface area (Å²) in [5.74, 6) is 0.464. The average Bonchev–Trinajstić information content (AvgIpc) is 2.23. The van der Waals surface area contributed by atoms with E-state index in [9.17, 15) is 8.42 Å². The minimum absolute atomic E-state index is 0.231. The monoisotopic (exact) mass is 319 g/mol. The third-order valence-electron chi connectivity index (χ3n) is 2.67. The predicted octanol–water partition coefficient (Wildman–Crippen LogP) is 2.32. The van der Waals surface area contributed by atoms with Gasteiger partial charge in [0.15, 0.2) is 0 Å². The number of benzene rings is 1. The van der Waals surface area contributed by atoms with Crippen molar-refractivity contribution in [3.8, 4) is 0 Å². The second kappa shape index (κ2) is 6.52. The first-order valence-electron chi connectivity index (χ1n) is 5.55. The van der Waals surface area contributed by atoms with Crippen molar-refractivity contribution in [2.24, 2.45) is 5.73 Å². The number of hydrogen-bond acceptors (Lipinski definition) is 3.